The molecule has 1 fully saturated rings. The van der Waals surface area contributed by atoms with Crippen LogP contribution in [0.1, 0.15) is 38.5 Å². The lowest BCUT2D eigenvalue weighted by Crippen LogP contribution is -2.38. The molecule has 2 nitrogen and oxygen atoms in total. The molecule has 18 heavy (non-hydrogen) atoms. The standard InChI is InChI=1S/C12H20F3NOS/c13-12(14,15)10(11(16)18)8-17-7-9-5-3-1-2-4-6-9/h9-10H,1-8H2,(H2,16,18). The van der Waals surface area contributed by atoms with Gasteiger partial charge in [-0.1, -0.05) is 37.9 Å². The number of thiocarbonyl (C=S) groups is 1. The van der Waals surface area contributed by atoms with E-state index in [0.717, 1.165) is 25.7 Å². The minimum atomic E-state index is -4.41. The van der Waals surface area contributed by atoms with Crippen molar-refractivity contribution in [2.24, 2.45) is 17.6 Å². The SMILES string of the molecule is NC(=S)C(COCC1CCCCCC1)C(F)(F)F. The smallest absolute Gasteiger partial charge is 0.393 e. The van der Waals surface area contributed by atoms with Gasteiger partial charge in [-0.3, -0.25) is 0 Å². The number of alkyl halides is 3. The Morgan fingerprint density at radius 1 is 1.22 bits per heavy atom. The average Bonchev–Trinajstić information content (AvgIpc) is 2.50. The van der Waals surface area contributed by atoms with Crippen molar-refractivity contribution in [1.29, 1.82) is 0 Å². The summed E-state index contributed by atoms with van der Waals surface area (Å²) in [4.78, 5) is -0.539. The average molecular weight is 283 g/mol. The van der Waals surface area contributed by atoms with Crippen LogP contribution in [0.4, 0.5) is 13.2 Å². The molecular formula is C12H20F3NOS. The number of hydrogen-bond donors (Lipinski definition) is 1. The van der Waals surface area contributed by atoms with Crippen LogP contribution in [0, 0.1) is 11.8 Å². The zero-order chi connectivity index (χ0) is 13.6. The number of halogens is 3. The fourth-order valence-corrected chi connectivity index (χ4v) is 2.42. The fourth-order valence-electron chi connectivity index (χ4n) is 2.22. The molecule has 2 N–H and O–H groups in total. The minimum absolute atomic E-state index is 0.382. The van der Waals surface area contributed by atoms with Crippen molar-refractivity contribution in [2.45, 2.75) is 44.7 Å². The van der Waals surface area contributed by atoms with Crippen LogP contribution in [0.2, 0.25) is 0 Å². The predicted octanol–water partition coefficient (Wildman–Crippen LogP) is 3.44. The lowest BCUT2D eigenvalue weighted by molar-refractivity contribution is -0.168. The number of ether oxygens (including phenoxy) is 1. The Morgan fingerprint density at radius 3 is 2.22 bits per heavy atom. The third-order valence-corrected chi connectivity index (χ3v) is 3.64. The van der Waals surface area contributed by atoms with Crippen LogP contribution >= 0.6 is 12.2 Å². The van der Waals surface area contributed by atoms with E-state index in [2.05, 4.69) is 12.2 Å². The van der Waals surface area contributed by atoms with Crippen LogP contribution in [0.25, 0.3) is 0 Å². The molecule has 1 atom stereocenters. The van der Waals surface area contributed by atoms with Gasteiger partial charge in [0, 0.05) is 6.61 Å². The zero-order valence-electron chi connectivity index (χ0n) is 10.3. The summed E-state index contributed by atoms with van der Waals surface area (Å²) in [6.45, 7) is -0.0650. The summed E-state index contributed by atoms with van der Waals surface area (Å²) in [6, 6.07) is 0. The van der Waals surface area contributed by atoms with E-state index in [9.17, 15) is 13.2 Å². The zero-order valence-corrected chi connectivity index (χ0v) is 11.2. The van der Waals surface area contributed by atoms with E-state index in [4.69, 9.17) is 10.5 Å². The summed E-state index contributed by atoms with van der Waals surface area (Å²) >= 11 is 4.43. The molecule has 1 aliphatic carbocycles. The number of hydrogen-bond acceptors (Lipinski definition) is 2. The van der Waals surface area contributed by atoms with Crippen molar-refractivity contribution in [1.82, 2.24) is 0 Å². The molecule has 0 aliphatic heterocycles. The van der Waals surface area contributed by atoms with Crippen LogP contribution in [0.15, 0.2) is 0 Å². The molecule has 1 unspecified atom stereocenters. The fraction of sp³-hybridized carbons (Fsp3) is 0.917. The molecule has 0 heterocycles. The summed E-state index contributed by atoms with van der Waals surface area (Å²) in [6.07, 6.45) is 2.41. The molecule has 106 valence electrons. The Balaban J connectivity index is 2.32. The van der Waals surface area contributed by atoms with Gasteiger partial charge in [-0.05, 0) is 18.8 Å². The highest BCUT2D eigenvalue weighted by molar-refractivity contribution is 7.80. The Labute approximate surface area is 111 Å². The second kappa shape index (κ2) is 7.28. The number of rotatable bonds is 5. The Kier molecular flexibility index (Phi) is 6.35. The molecule has 0 aromatic carbocycles. The normalized spacial score (nSPS) is 20.4. The van der Waals surface area contributed by atoms with Gasteiger partial charge in [0.1, 0.15) is 5.92 Å². The van der Waals surface area contributed by atoms with E-state index in [1.807, 2.05) is 0 Å². The lowest BCUT2D eigenvalue weighted by Gasteiger charge is -2.21. The van der Waals surface area contributed by atoms with Gasteiger partial charge in [0.05, 0.1) is 11.6 Å². The van der Waals surface area contributed by atoms with Crippen molar-refractivity contribution in [3.63, 3.8) is 0 Å². The van der Waals surface area contributed by atoms with Crippen LogP contribution in [-0.2, 0) is 4.74 Å². The van der Waals surface area contributed by atoms with Gasteiger partial charge in [-0.25, -0.2) is 0 Å². The highest BCUT2D eigenvalue weighted by Crippen LogP contribution is 2.28. The Bertz CT molecular complexity index is 263. The Morgan fingerprint density at radius 2 is 1.78 bits per heavy atom. The van der Waals surface area contributed by atoms with Crippen LogP contribution in [0.5, 0.6) is 0 Å². The quantitative estimate of drug-likeness (QED) is 0.620. The summed E-state index contributed by atoms with van der Waals surface area (Å²) in [5, 5.41) is 0. The molecule has 0 aromatic heterocycles. The molecule has 1 rings (SSSR count). The highest BCUT2D eigenvalue weighted by Gasteiger charge is 2.41. The summed E-state index contributed by atoms with van der Waals surface area (Å²) in [5.41, 5.74) is 5.10. The maximum Gasteiger partial charge on any atom is 0.400 e. The van der Waals surface area contributed by atoms with E-state index in [-0.39, 0.29) is 0 Å². The molecular weight excluding hydrogens is 263 g/mol. The minimum Gasteiger partial charge on any atom is -0.393 e. The van der Waals surface area contributed by atoms with Gasteiger partial charge < -0.3 is 10.5 Å². The maximum absolute atomic E-state index is 12.6. The third-order valence-electron chi connectivity index (χ3n) is 3.35. The van der Waals surface area contributed by atoms with Gasteiger partial charge in [0.2, 0.25) is 0 Å². The van der Waals surface area contributed by atoms with Gasteiger partial charge >= 0.3 is 6.18 Å². The van der Waals surface area contributed by atoms with Crippen molar-refractivity contribution in [3.05, 3.63) is 0 Å². The molecule has 0 bridgehead atoms. The van der Waals surface area contributed by atoms with Crippen LogP contribution < -0.4 is 5.73 Å². The van der Waals surface area contributed by atoms with E-state index in [1.54, 1.807) is 0 Å². The topological polar surface area (TPSA) is 35.2 Å². The third kappa shape index (κ3) is 5.52. The van der Waals surface area contributed by atoms with Gasteiger partial charge in [-0.2, -0.15) is 13.2 Å². The summed E-state index contributed by atoms with van der Waals surface area (Å²) in [5.74, 6) is -1.44. The molecule has 0 saturated heterocycles. The largest absolute Gasteiger partial charge is 0.400 e. The first-order valence-electron chi connectivity index (χ1n) is 6.35. The second-order valence-corrected chi connectivity index (χ2v) is 5.36. The number of nitrogens with two attached hydrogens (primary N) is 1. The monoisotopic (exact) mass is 283 g/mol. The van der Waals surface area contributed by atoms with Crippen molar-refractivity contribution < 1.29 is 17.9 Å². The molecule has 6 heteroatoms. The van der Waals surface area contributed by atoms with Crippen LogP contribution in [-0.4, -0.2) is 24.4 Å². The van der Waals surface area contributed by atoms with Crippen molar-refractivity contribution in [3.8, 4) is 0 Å². The van der Waals surface area contributed by atoms with E-state index in [0.29, 0.717) is 12.5 Å². The molecule has 0 radical (unpaired) electrons. The predicted molar refractivity (Wildman–Crippen MR) is 68.3 cm³/mol. The molecule has 0 aromatic rings. The van der Waals surface area contributed by atoms with Gasteiger partial charge in [-0.15, -0.1) is 0 Å². The first-order valence-corrected chi connectivity index (χ1v) is 6.76. The second-order valence-electron chi connectivity index (χ2n) is 4.89. The summed E-state index contributed by atoms with van der Waals surface area (Å²) in [7, 11) is 0. The molecule has 0 spiro atoms. The first-order chi connectivity index (χ1) is 8.41. The lowest BCUT2D eigenvalue weighted by atomic mass is 10.0. The Hall–Kier alpha value is -0.360. The van der Waals surface area contributed by atoms with E-state index in [1.165, 1.54) is 12.8 Å². The molecule has 1 aliphatic rings. The first kappa shape index (κ1) is 15.7. The molecule has 0 amide bonds. The van der Waals surface area contributed by atoms with Gasteiger partial charge in [0.15, 0.2) is 0 Å². The van der Waals surface area contributed by atoms with Crippen molar-refractivity contribution in [2.75, 3.05) is 13.2 Å². The van der Waals surface area contributed by atoms with Gasteiger partial charge in [0.25, 0.3) is 0 Å². The summed E-state index contributed by atoms with van der Waals surface area (Å²) < 4.78 is 42.9. The van der Waals surface area contributed by atoms with E-state index >= 15 is 0 Å². The van der Waals surface area contributed by atoms with Crippen molar-refractivity contribution >= 4 is 17.2 Å². The van der Waals surface area contributed by atoms with Crippen LogP contribution in [0.3, 0.4) is 0 Å². The van der Waals surface area contributed by atoms with E-state index < -0.39 is 23.7 Å². The molecule has 1 saturated carbocycles. The highest BCUT2D eigenvalue weighted by atomic mass is 32.1. The maximum atomic E-state index is 12.6.